The molecule has 1 amide bonds. The van der Waals surface area contributed by atoms with Gasteiger partial charge < -0.3 is 9.80 Å². The van der Waals surface area contributed by atoms with Gasteiger partial charge in [-0.15, -0.1) is 0 Å². The lowest BCUT2D eigenvalue weighted by molar-refractivity contribution is -0.136. The first-order valence-corrected chi connectivity index (χ1v) is 7.92. The first-order valence-electron chi connectivity index (χ1n) is 7.54. The van der Waals surface area contributed by atoms with Gasteiger partial charge in [-0.25, -0.2) is 0 Å². The van der Waals surface area contributed by atoms with Crippen molar-refractivity contribution in [2.24, 2.45) is 5.92 Å². The largest absolute Gasteiger partial charge is 0.367 e. The predicted molar refractivity (Wildman–Crippen MR) is 84.5 cm³/mol. The van der Waals surface area contributed by atoms with E-state index in [1.165, 1.54) is 0 Å². The number of anilines is 1. The third-order valence-electron chi connectivity index (χ3n) is 4.30. The highest BCUT2D eigenvalue weighted by Gasteiger charge is 2.27. The highest BCUT2D eigenvalue weighted by atomic mass is 35.5. The van der Waals surface area contributed by atoms with E-state index >= 15 is 0 Å². The third-order valence-corrected chi connectivity index (χ3v) is 4.59. The van der Waals surface area contributed by atoms with E-state index in [4.69, 9.17) is 11.6 Å². The van der Waals surface area contributed by atoms with Gasteiger partial charge in [-0.2, -0.15) is 0 Å². The van der Waals surface area contributed by atoms with Crippen LogP contribution in [0.5, 0.6) is 0 Å². The first kappa shape index (κ1) is 14.4. The van der Waals surface area contributed by atoms with E-state index in [1.807, 2.05) is 11.0 Å². The molecule has 1 aromatic rings. The fourth-order valence-electron chi connectivity index (χ4n) is 3.07. The van der Waals surface area contributed by atoms with E-state index in [-0.39, 0.29) is 5.92 Å². The number of hydrogen-bond acceptors (Lipinski definition) is 3. The number of rotatable bonds is 2. The summed E-state index contributed by atoms with van der Waals surface area (Å²) in [6.07, 6.45) is 10.7. The molecule has 0 spiro atoms. The summed E-state index contributed by atoms with van der Waals surface area (Å²) < 4.78 is 0. The van der Waals surface area contributed by atoms with Crippen molar-refractivity contribution in [1.29, 1.82) is 0 Å². The number of nitrogens with zero attached hydrogens (tertiary/aromatic N) is 3. The maximum atomic E-state index is 12.5. The first-order chi connectivity index (χ1) is 10.3. The fraction of sp³-hybridized carbons (Fsp3) is 0.500. The number of amides is 1. The van der Waals surface area contributed by atoms with Gasteiger partial charge in [0.05, 0.1) is 10.7 Å². The second-order valence-electron chi connectivity index (χ2n) is 5.62. The van der Waals surface area contributed by atoms with Crippen molar-refractivity contribution in [1.82, 2.24) is 9.88 Å². The molecule has 21 heavy (non-hydrogen) atoms. The lowest BCUT2D eigenvalue weighted by Gasteiger charge is -2.38. The lowest BCUT2D eigenvalue weighted by atomic mass is 9.93. The summed E-state index contributed by atoms with van der Waals surface area (Å²) in [4.78, 5) is 20.8. The minimum absolute atomic E-state index is 0.186. The Kier molecular flexibility index (Phi) is 4.44. The second kappa shape index (κ2) is 6.48. The Hall–Kier alpha value is -1.55. The van der Waals surface area contributed by atoms with Gasteiger partial charge in [0.2, 0.25) is 5.91 Å². The summed E-state index contributed by atoms with van der Waals surface area (Å²) in [6, 6.07) is 1.94. The van der Waals surface area contributed by atoms with E-state index < -0.39 is 0 Å². The summed E-state index contributed by atoms with van der Waals surface area (Å²) in [7, 11) is 0. The minimum atomic E-state index is 0.186. The summed E-state index contributed by atoms with van der Waals surface area (Å²) in [5.41, 5.74) is 1.01. The van der Waals surface area contributed by atoms with Crippen LogP contribution in [-0.4, -0.2) is 42.0 Å². The lowest BCUT2D eigenvalue weighted by Crippen LogP contribution is -2.50. The number of halogens is 1. The highest BCUT2D eigenvalue weighted by molar-refractivity contribution is 6.33. The average Bonchev–Trinajstić information content (AvgIpc) is 2.56. The molecular formula is C16H20ClN3O. The van der Waals surface area contributed by atoms with Gasteiger partial charge in [0.15, 0.2) is 0 Å². The summed E-state index contributed by atoms with van der Waals surface area (Å²) in [6.45, 7) is 3.21. The van der Waals surface area contributed by atoms with E-state index in [2.05, 4.69) is 22.0 Å². The van der Waals surface area contributed by atoms with Crippen LogP contribution in [-0.2, 0) is 4.79 Å². The van der Waals surface area contributed by atoms with E-state index in [0.717, 1.165) is 51.1 Å². The van der Waals surface area contributed by atoms with Gasteiger partial charge in [-0.05, 0) is 25.3 Å². The van der Waals surface area contributed by atoms with Gasteiger partial charge in [-0.1, -0.05) is 23.8 Å². The number of hydrogen-bond donors (Lipinski definition) is 0. The van der Waals surface area contributed by atoms with Crippen LogP contribution < -0.4 is 4.90 Å². The molecule has 2 heterocycles. The third kappa shape index (κ3) is 3.21. The van der Waals surface area contributed by atoms with Crippen LogP contribution >= 0.6 is 11.6 Å². The molecule has 0 bridgehead atoms. The molecule has 0 radical (unpaired) electrons. The van der Waals surface area contributed by atoms with E-state index in [1.54, 1.807) is 12.4 Å². The van der Waals surface area contributed by atoms with Crippen molar-refractivity contribution >= 4 is 23.2 Å². The number of carbonyl (C=O) groups is 1. The van der Waals surface area contributed by atoms with Crippen molar-refractivity contribution < 1.29 is 4.79 Å². The molecule has 112 valence electrons. The molecule has 1 atom stereocenters. The molecule has 0 aromatic carbocycles. The van der Waals surface area contributed by atoms with Gasteiger partial charge in [-0.3, -0.25) is 9.78 Å². The molecule has 1 aliphatic heterocycles. The number of allylic oxidation sites excluding steroid dienone is 2. The Bertz CT molecular complexity index is 538. The molecule has 1 fully saturated rings. The van der Waals surface area contributed by atoms with Gasteiger partial charge in [0.25, 0.3) is 0 Å². The van der Waals surface area contributed by atoms with E-state index in [0.29, 0.717) is 10.9 Å². The standard InChI is InChI=1S/C16H20ClN3O/c17-14-12-18-7-6-15(14)19-8-10-20(11-9-19)16(21)13-4-2-1-3-5-13/h1-2,6-7,12-13H,3-5,8-11H2/t13-/m0/s1. The Morgan fingerprint density at radius 2 is 2.05 bits per heavy atom. The quantitative estimate of drug-likeness (QED) is 0.788. The van der Waals surface area contributed by atoms with Crippen LogP contribution in [0.25, 0.3) is 0 Å². The van der Waals surface area contributed by atoms with Gasteiger partial charge >= 0.3 is 0 Å². The zero-order valence-electron chi connectivity index (χ0n) is 12.0. The van der Waals surface area contributed by atoms with Crippen LogP contribution in [0.3, 0.4) is 0 Å². The zero-order chi connectivity index (χ0) is 14.7. The maximum Gasteiger partial charge on any atom is 0.226 e. The normalized spacial score (nSPS) is 22.4. The van der Waals surface area contributed by atoms with Gasteiger partial charge in [0, 0.05) is 44.5 Å². The fourth-order valence-corrected chi connectivity index (χ4v) is 3.31. The smallest absolute Gasteiger partial charge is 0.226 e. The second-order valence-corrected chi connectivity index (χ2v) is 6.03. The number of piperazine rings is 1. The molecule has 2 aliphatic rings. The summed E-state index contributed by atoms with van der Waals surface area (Å²) in [5, 5.41) is 0.676. The molecule has 4 nitrogen and oxygen atoms in total. The Labute approximate surface area is 130 Å². The molecule has 0 unspecified atom stereocenters. The van der Waals surface area contributed by atoms with Crippen LogP contribution in [0, 0.1) is 5.92 Å². The summed E-state index contributed by atoms with van der Waals surface area (Å²) >= 11 is 6.19. The van der Waals surface area contributed by atoms with Crippen molar-refractivity contribution in [2.75, 3.05) is 31.1 Å². The van der Waals surface area contributed by atoms with Crippen molar-refractivity contribution in [3.05, 3.63) is 35.6 Å². The molecule has 0 N–H and O–H groups in total. The number of carbonyl (C=O) groups excluding carboxylic acids is 1. The van der Waals surface area contributed by atoms with Gasteiger partial charge in [0.1, 0.15) is 0 Å². The van der Waals surface area contributed by atoms with Crippen LogP contribution in [0.2, 0.25) is 5.02 Å². The average molecular weight is 306 g/mol. The zero-order valence-corrected chi connectivity index (χ0v) is 12.8. The molecular weight excluding hydrogens is 286 g/mol. The van der Waals surface area contributed by atoms with E-state index in [9.17, 15) is 4.79 Å². The van der Waals surface area contributed by atoms with Crippen LogP contribution in [0.15, 0.2) is 30.6 Å². The number of aromatic nitrogens is 1. The number of pyridine rings is 1. The SMILES string of the molecule is O=C([C@H]1CC=CCC1)N1CCN(c2ccncc2Cl)CC1. The monoisotopic (exact) mass is 305 g/mol. The Morgan fingerprint density at radius 3 is 2.71 bits per heavy atom. The Morgan fingerprint density at radius 1 is 1.24 bits per heavy atom. The highest BCUT2D eigenvalue weighted by Crippen LogP contribution is 2.26. The van der Waals surface area contributed by atoms with Crippen molar-refractivity contribution in [3.8, 4) is 0 Å². The Balaban J connectivity index is 1.59. The van der Waals surface area contributed by atoms with Crippen LogP contribution in [0.4, 0.5) is 5.69 Å². The molecule has 1 saturated heterocycles. The predicted octanol–water partition coefficient (Wildman–Crippen LogP) is 2.74. The molecule has 3 rings (SSSR count). The van der Waals surface area contributed by atoms with Crippen molar-refractivity contribution in [3.63, 3.8) is 0 Å². The molecule has 1 aromatic heterocycles. The minimum Gasteiger partial charge on any atom is -0.367 e. The van der Waals surface area contributed by atoms with Crippen LogP contribution in [0.1, 0.15) is 19.3 Å². The maximum absolute atomic E-state index is 12.5. The molecule has 0 saturated carbocycles. The summed E-state index contributed by atoms with van der Waals surface area (Å²) in [5.74, 6) is 0.505. The molecule has 5 heteroatoms. The topological polar surface area (TPSA) is 36.4 Å². The van der Waals surface area contributed by atoms with Crippen molar-refractivity contribution in [2.45, 2.75) is 19.3 Å². The molecule has 1 aliphatic carbocycles.